The molecule has 0 aliphatic carbocycles. The van der Waals surface area contributed by atoms with Crippen LogP contribution in [0.1, 0.15) is 5.56 Å². The van der Waals surface area contributed by atoms with E-state index in [2.05, 4.69) is 25.3 Å². The fraction of sp³-hybridized carbons (Fsp3) is 0.111. The molecule has 5 rings (SSSR count). The molecule has 4 heterocycles. The normalized spacial score (nSPS) is 12.3. The van der Waals surface area contributed by atoms with Crippen molar-refractivity contribution in [2.24, 2.45) is 0 Å². The van der Waals surface area contributed by atoms with Gasteiger partial charge in [0.2, 0.25) is 6.79 Å². The molecule has 0 spiro atoms. The number of benzene rings is 1. The van der Waals surface area contributed by atoms with Crippen LogP contribution < -0.4 is 14.8 Å². The molecule has 1 N–H and O–H groups in total. The van der Waals surface area contributed by atoms with Gasteiger partial charge in [-0.15, -0.1) is 0 Å². The summed E-state index contributed by atoms with van der Waals surface area (Å²) in [6, 6.07) is 7.11. The third-order valence-electron chi connectivity index (χ3n) is 4.25. The van der Waals surface area contributed by atoms with Crippen LogP contribution in [0.15, 0.2) is 42.9 Å². The van der Waals surface area contributed by atoms with Gasteiger partial charge in [0.25, 0.3) is 0 Å². The van der Waals surface area contributed by atoms with Gasteiger partial charge >= 0.3 is 5.00 Å². The Morgan fingerprint density at radius 2 is 2.07 bits per heavy atom. The highest BCUT2D eigenvalue weighted by atomic mass is 32.1. The molecule has 0 saturated heterocycles. The van der Waals surface area contributed by atoms with E-state index in [9.17, 15) is 10.1 Å². The zero-order valence-electron chi connectivity index (χ0n) is 14.7. The fourth-order valence-electron chi connectivity index (χ4n) is 2.90. The Labute approximate surface area is 167 Å². The Kier molecular flexibility index (Phi) is 4.13. The largest absolute Gasteiger partial charge is 0.454 e. The second-order valence-corrected chi connectivity index (χ2v) is 7.10. The Bertz CT molecular complexity index is 1230. The van der Waals surface area contributed by atoms with Gasteiger partial charge in [0, 0.05) is 25.0 Å². The molecule has 0 unspecified atom stereocenters. The SMILES string of the molecule is O=[N+]([O-])c1cc2c(NCc3ccc4c(c3)OCO4)nc(-c3cnccn3)nc2s1. The van der Waals surface area contributed by atoms with Crippen LogP contribution >= 0.6 is 11.3 Å². The second-order valence-electron chi connectivity index (χ2n) is 6.09. The molecule has 144 valence electrons. The molecule has 0 saturated carbocycles. The zero-order valence-corrected chi connectivity index (χ0v) is 15.5. The zero-order chi connectivity index (χ0) is 19.8. The van der Waals surface area contributed by atoms with Gasteiger partial charge in [-0.25, -0.2) is 15.0 Å². The lowest BCUT2D eigenvalue weighted by Gasteiger charge is -2.09. The third-order valence-corrected chi connectivity index (χ3v) is 5.23. The van der Waals surface area contributed by atoms with Crippen molar-refractivity contribution in [2.75, 3.05) is 12.1 Å². The molecule has 0 amide bonds. The van der Waals surface area contributed by atoms with E-state index >= 15 is 0 Å². The van der Waals surface area contributed by atoms with E-state index in [0.717, 1.165) is 16.9 Å². The van der Waals surface area contributed by atoms with Gasteiger partial charge in [-0.3, -0.25) is 15.1 Å². The highest BCUT2D eigenvalue weighted by Crippen LogP contribution is 2.36. The van der Waals surface area contributed by atoms with E-state index in [0.29, 0.717) is 45.6 Å². The van der Waals surface area contributed by atoms with Crippen molar-refractivity contribution in [3.05, 3.63) is 58.5 Å². The molecular weight excluding hydrogens is 396 g/mol. The third kappa shape index (κ3) is 3.27. The quantitative estimate of drug-likeness (QED) is 0.390. The van der Waals surface area contributed by atoms with E-state index in [1.54, 1.807) is 18.6 Å². The molecule has 4 aromatic rings. The van der Waals surface area contributed by atoms with Crippen molar-refractivity contribution in [1.29, 1.82) is 0 Å². The first-order valence-electron chi connectivity index (χ1n) is 8.52. The monoisotopic (exact) mass is 408 g/mol. The molecule has 0 radical (unpaired) electrons. The highest BCUT2D eigenvalue weighted by molar-refractivity contribution is 7.21. The minimum atomic E-state index is -0.435. The van der Waals surface area contributed by atoms with Crippen molar-refractivity contribution in [3.63, 3.8) is 0 Å². The number of hydrogen-bond donors (Lipinski definition) is 1. The molecule has 29 heavy (non-hydrogen) atoms. The van der Waals surface area contributed by atoms with Crippen molar-refractivity contribution in [3.8, 4) is 23.0 Å². The molecule has 1 aliphatic rings. The van der Waals surface area contributed by atoms with Crippen molar-refractivity contribution < 1.29 is 14.4 Å². The van der Waals surface area contributed by atoms with Crippen LogP contribution in [-0.2, 0) is 6.54 Å². The number of thiophene rings is 1. The topological polar surface area (TPSA) is 125 Å². The lowest BCUT2D eigenvalue weighted by molar-refractivity contribution is -0.380. The van der Waals surface area contributed by atoms with Crippen LogP contribution in [0.2, 0.25) is 0 Å². The van der Waals surface area contributed by atoms with Crippen molar-refractivity contribution in [1.82, 2.24) is 19.9 Å². The first-order chi connectivity index (χ1) is 14.2. The Morgan fingerprint density at radius 3 is 2.90 bits per heavy atom. The summed E-state index contributed by atoms with van der Waals surface area (Å²) in [6.07, 6.45) is 4.64. The summed E-state index contributed by atoms with van der Waals surface area (Å²) in [5.74, 6) is 2.22. The lowest BCUT2D eigenvalue weighted by Crippen LogP contribution is -2.04. The van der Waals surface area contributed by atoms with Gasteiger partial charge in [0.1, 0.15) is 16.3 Å². The standard InChI is InChI=1S/C18H12N6O4S/c25-24(26)15-6-11-16(21-7-10-1-2-13-14(5-10)28-9-27-13)22-17(23-18(11)29-15)12-8-19-3-4-20-12/h1-6,8H,7,9H2,(H,21,22,23). The number of fused-ring (bicyclic) bond motifs is 2. The number of nitrogens with one attached hydrogen (secondary N) is 1. The number of anilines is 1. The minimum absolute atomic E-state index is 0.00303. The smallest absolute Gasteiger partial charge is 0.326 e. The van der Waals surface area contributed by atoms with Crippen molar-refractivity contribution >= 4 is 32.4 Å². The lowest BCUT2D eigenvalue weighted by atomic mass is 10.2. The van der Waals surface area contributed by atoms with E-state index in [4.69, 9.17) is 9.47 Å². The van der Waals surface area contributed by atoms with Gasteiger partial charge in [0.05, 0.1) is 16.5 Å². The molecule has 11 heteroatoms. The van der Waals surface area contributed by atoms with E-state index in [1.807, 2.05) is 18.2 Å². The first-order valence-corrected chi connectivity index (χ1v) is 9.34. The van der Waals surface area contributed by atoms with Gasteiger partial charge in [-0.2, -0.15) is 0 Å². The second kappa shape index (κ2) is 6.95. The van der Waals surface area contributed by atoms with E-state index in [-0.39, 0.29) is 11.8 Å². The highest BCUT2D eigenvalue weighted by Gasteiger charge is 2.19. The maximum atomic E-state index is 11.2. The average Bonchev–Trinajstić information content (AvgIpc) is 3.39. The number of nitro groups is 1. The van der Waals surface area contributed by atoms with Gasteiger partial charge in [0.15, 0.2) is 17.3 Å². The van der Waals surface area contributed by atoms with Crippen LogP contribution in [0.4, 0.5) is 10.8 Å². The summed E-state index contributed by atoms with van der Waals surface area (Å²) in [7, 11) is 0. The van der Waals surface area contributed by atoms with Crippen LogP contribution in [0.3, 0.4) is 0 Å². The molecule has 10 nitrogen and oxygen atoms in total. The molecule has 1 aromatic carbocycles. The maximum Gasteiger partial charge on any atom is 0.326 e. The Balaban J connectivity index is 1.53. The molecule has 3 aromatic heterocycles. The predicted molar refractivity (Wildman–Crippen MR) is 105 cm³/mol. The summed E-state index contributed by atoms with van der Waals surface area (Å²) >= 11 is 0.991. The number of rotatable bonds is 5. The van der Waals surface area contributed by atoms with Gasteiger partial charge in [-0.1, -0.05) is 6.07 Å². The molecule has 1 aliphatic heterocycles. The van der Waals surface area contributed by atoms with E-state index in [1.165, 1.54) is 6.07 Å². The van der Waals surface area contributed by atoms with Gasteiger partial charge < -0.3 is 14.8 Å². The van der Waals surface area contributed by atoms with Crippen LogP contribution in [-0.4, -0.2) is 31.7 Å². The average molecular weight is 408 g/mol. The Morgan fingerprint density at radius 1 is 1.17 bits per heavy atom. The molecule has 0 atom stereocenters. The van der Waals surface area contributed by atoms with Crippen LogP contribution in [0, 0.1) is 10.1 Å². The number of aromatic nitrogens is 4. The summed E-state index contributed by atoms with van der Waals surface area (Å²) < 4.78 is 10.7. The minimum Gasteiger partial charge on any atom is -0.454 e. The van der Waals surface area contributed by atoms with Crippen LogP contribution in [0.5, 0.6) is 11.5 Å². The summed E-state index contributed by atoms with van der Waals surface area (Å²) in [5, 5.41) is 15.0. The fourth-order valence-corrected chi connectivity index (χ4v) is 3.75. The molecule has 0 fully saturated rings. The maximum absolute atomic E-state index is 11.2. The number of ether oxygens (including phenoxy) is 2. The first kappa shape index (κ1) is 17.3. The molecule has 0 bridgehead atoms. The number of hydrogen-bond acceptors (Lipinski definition) is 10. The summed E-state index contributed by atoms with van der Waals surface area (Å²) in [6.45, 7) is 0.644. The summed E-state index contributed by atoms with van der Waals surface area (Å²) in [4.78, 5) is 28.5. The van der Waals surface area contributed by atoms with Crippen molar-refractivity contribution in [2.45, 2.75) is 6.54 Å². The Hall–Kier alpha value is -3.86. The van der Waals surface area contributed by atoms with Crippen LogP contribution in [0.25, 0.3) is 21.7 Å². The number of nitrogens with zero attached hydrogens (tertiary/aromatic N) is 5. The summed E-state index contributed by atoms with van der Waals surface area (Å²) in [5.41, 5.74) is 1.43. The predicted octanol–water partition coefficient (Wildman–Crippen LogP) is 3.40. The van der Waals surface area contributed by atoms with E-state index < -0.39 is 4.92 Å². The van der Waals surface area contributed by atoms with Gasteiger partial charge in [-0.05, 0) is 29.0 Å². The molecular formula is C18H12N6O4S.